The van der Waals surface area contributed by atoms with E-state index >= 15 is 0 Å². The van der Waals surface area contributed by atoms with Gasteiger partial charge in [-0.05, 0) is 74.7 Å². The molecular formula is C27H33N3O5S. The lowest BCUT2D eigenvalue weighted by Gasteiger charge is -2.39. The number of methoxy groups -OCH3 is 1. The van der Waals surface area contributed by atoms with Crippen LogP contribution in [-0.2, 0) is 11.4 Å². The fraction of sp³-hybridized carbons (Fsp3) is 0.444. The van der Waals surface area contributed by atoms with Crippen LogP contribution in [0.2, 0.25) is 0 Å². The van der Waals surface area contributed by atoms with Crippen LogP contribution in [0, 0.1) is 5.41 Å². The Bertz CT molecular complexity index is 1160. The number of pyridine rings is 2. The Hall–Kier alpha value is -2.72. The number of carbonyl (C=O) groups is 1. The first kappa shape index (κ1) is 26.3. The van der Waals surface area contributed by atoms with Gasteiger partial charge in [-0.3, -0.25) is 9.78 Å². The molecule has 0 saturated carbocycles. The molecule has 36 heavy (non-hydrogen) atoms. The molecule has 0 aliphatic carbocycles. The first-order valence-electron chi connectivity index (χ1n) is 12.2. The highest BCUT2D eigenvalue weighted by molar-refractivity contribution is 7.99. The molecular weight excluding hydrogens is 478 g/mol. The lowest BCUT2D eigenvalue weighted by Crippen LogP contribution is -2.45. The number of aliphatic carboxylic acids is 1. The van der Waals surface area contributed by atoms with Crippen molar-refractivity contribution in [2.75, 3.05) is 32.5 Å². The fourth-order valence-corrected chi connectivity index (χ4v) is 5.79. The van der Waals surface area contributed by atoms with E-state index in [4.69, 9.17) is 4.74 Å². The van der Waals surface area contributed by atoms with Crippen molar-refractivity contribution in [3.05, 3.63) is 59.9 Å². The topological polar surface area (TPSA) is 116 Å². The van der Waals surface area contributed by atoms with E-state index in [-0.39, 0.29) is 13.0 Å². The van der Waals surface area contributed by atoms with Gasteiger partial charge >= 0.3 is 5.97 Å². The minimum absolute atomic E-state index is 0.262. The van der Waals surface area contributed by atoms with Gasteiger partial charge in [-0.25, -0.2) is 4.98 Å². The van der Waals surface area contributed by atoms with E-state index in [0.717, 1.165) is 17.3 Å². The van der Waals surface area contributed by atoms with Crippen LogP contribution >= 0.6 is 11.8 Å². The third-order valence-corrected chi connectivity index (χ3v) is 8.09. The lowest BCUT2D eigenvalue weighted by atomic mass is 9.74. The number of nitrogens with zero attached hydrogens (tertiary/aromatic N) is 3. The average Bonchev–Trinajstić information content (AvgIpc) is 2.92. The van der Waals surface area contributed by atoms with Crippen molar-refractivity contribution in [1.82, 2.24) is 14.9 Å². The Balaban J connectivity index is 1.40. The smallest absolute Gasteiger partial charge is 0.309 e. The molecule has 1 fully saturated rings. The van der Waals surface area contributed by atoms with Crippen LogP contribution in [0.4, 0.5) is 0 Å². The minimum atomic E-state index is -0.922. The van der Waals surface area contributed by atoms with Gasteiger partial charge in [0.2, 0.25) is 0 Å². The van der Waals surface area contributed by atoms with Crippen molar-refractivity contribution in [3.63, 3.8) is 0 Å². The highest BCUT2D eigenvalue weighted by Crippen LogP contribution is 2.40. The Kier molecular flexibility index (Phi) is 8.79. The molecule has 3 aromatic rings. The van der Waals surface area contributed by atoms with Crippen LogP contribution in [-0.4, -0.2) is 68.7 Å². The summed E-state index contributed by atoms with van der Waals surface area (Å²) in [5.41, 5.74) is 0.941. The summed E-state index contributed by atoms with van der Waals surface area (Å²) in [6, 6.07) is 11.3. The maximum Gasteiger partial charge on any atom is 0.309 e. The van der Waals surface area contributed by atoms with Gasteiger partial charge in [0, 0.05) is 35.6 Å². The molecule has 9 heteroatoms. The number of benzene rings is 1. The number of aromatic nitrogens is 2. The van der Waals surface area contributed by atoms with Gasteiger partial charge in [0.1, 0.15) is 5.75 Å². The Morgan fingerprint density at radius 3 is 2.69 bits per heavy atom. The van der Waals surface area contributed by atoms with Crippen molar-refractivity contribution in [3.8, 4) is 5.75 Å². The Labute approximate surface area is 215 Å². The predicted molar refractivity (Wildman–Crippen MR) is 139 cm³/mol. The van der Waals surface area contributed by atoms with Gasteiger partial charge in [-0.1, -0.05) is 6.07 Å². The summed E-state index contributed by atoms with van der Waals surface area (Å²) in [5, 5.41) is 32.9. The summed E-state index contributed by atoms with van der Waals surface area (Å²) in [4.78, 5) is 23.4. The standard InChI is InChI=1S/C27H33N3O5S/c1-35-20-5-6-22-21(16-20)25(19(18-31)17-29-22)23(32)7-8-27(26(33)34)9-12-30(13-10-27)14-15-36-24-4-2-3-11-28-24/h2-6,11,16-17,23,31-32H,7-10,12-15,18H2,1H3,(H,33,34)/t23-/m0/s1. The summed E-state index contributed by atoms with van der Waals surface area (Å²) in [6.45, 7) is 2.04. The van der Waals surface area contributed by atoms with Crippen molar-refractivity contribution in [2.45, 2.75) is 43.4 Å². The van der Waals surface area contributed by atoms with Gasteiger partial charge in [-0.15, -0.1) is 11.8 Å². The van der Waals surface area contributed by atoms with Crippen molar-refractivity contribution < 1.29 is 24.9 Å². The molecule has 4 rings (SSSR count). The second-order valence-electron chi connectivity index (χ2n) is 9.24. The zero-order valence-corrected chi connectivity index (χ0v) is 21.3. The molecule has 1 aliphatic rings. The van der Waals surface area contributed by atoms with Crippen LogP contribution in [0.15, 0.2) is 53.8 Å². The SMILES string of the molecule is COc1ccc2ncc(CO)c([C@@H](O)CCC3(C(=O)O)CCN(CCSc4ccccn4)CC3)c2c1. The number of rotatable bonds is 11. The number of hydrogen-bond donors (Lipinski definition) is 3. The van der Waals surface area contributed by atoms with E-state index in [9.17, 15) is 20.1 Å². The number of carboxylic acid groups (broad SMARTS) is 1. The Morgan fingerprint density at radius 1 is 1.22 bits per heavy atom. The first-order valence-corrected chi connectivity index (χ1v) is 13.2. The quantitative estimate of drug-likeness (QED) is 0.330. The zero-order chi connectivity index (χ0) is 25.5. The van der Waals surface area contributed by atoms with E-state index in [1.54, 1.807) is 43.4 Å². The molecule has 1 aliphatic heterocycles. The molecule has 0 radical (unpaired) electrons. The van der Waals surface area contributed by atoms with Crippen LogP contribution in [0.3, 0.4) is 0 Å². The highest BCUT2D eigenvalue weighted by Gasteiger charge is 2.41. The van der Waals surface area contributed by atoms with Gasteiger partial charge < -0.3 is 25.0 Å². The van der Waals surface area contributed by atoms with Crippen LogP contribution in [0.5, 0.6) is 5.75 Å². The van der Waals surface area contributed by atoms with E-state index in [0.29, 0.717) is 60.1 Å². The van der Waals surface area contributed by atoms with Crippen LogP contribution in [0.25, 0.3) is 10.9 Å². The second kappa shape index (κ2) is 12.0. The van der Waals surface area contributed by atoms with Gasteiger partial charge in [-0.2, -0.15) is 0 Å². The number of thioether (sulfide) groups is 1. The number of likely N-dealkylation sites (tertiary alicyclic amines) is 1. The van der Waals surface area contributed by atoms with E-state index in [2.05, 4.69) is 14.9 Å². The maximum absolute atomic E-state index is 12.4. The molecule has 3 heterocycles. The summed E-state index contributed by atoms with van der Waals surface area (Å²) in [7, 11) is 1.57. The summed E-state index contributed by atoms with van der Waals surface area (Å²) >= 11 is 1.70. The average molecular weight is 512 g/mol. The van der Waals surface area contributed by atoms with Gasteiger partial charge in [0.25, 0.3) is 0 Å². The number of piperidine rings is 1. The highest BCUT2D eigenvalue weighted by atomic mass is 32.2. The number of ether oxygens (including phenoxy) is 1. The third-order valence-electron chi connectivity index (χ3n) is 7.16. The summed E-state index contributed by atoms with van der Waals surface area (Å²) < 4.78 is 5.34. The van der Waals surface area contributed by atoms with E-state index < -0.39 is 17.5 Å². The second-order valence-corrected chi connectivity index (χ2v) is 10.4. The van der Waals surface area contributed by atoms with Crippen LogP contribution in [0.1, 0.15) is 42.9 Å². The molecule has 0 amide bonds. The molecule has 3 N–H and O–H groups in total. The number of aliphatic hydroxyl groups is 2. The monoisotopic (exact) mass is 511 g/mol. The number of aliphatic hydroxyl groups excluding tert-OH is 2. The molecule has 1 aromatic carbocycles. The molecule has 1 atom stereocenters. The van der Waals surface area contributed by atoms with E-state index in [1.807, 2.05) is 24.3 Å². The van der Waals surface area contributed by atoms with Gasteiger partial charge in [0.15, 0.2) is 0 Å². The van der Waals surface area contributed by atoms with Crippen molar-refractivity contribution in [2.24, 2.45) is 5.41 Å². The first-order chi connectivity index (χ1) is 17.5. The number of fused-ring (bicyclic) bond motifs is 1. The maximum atomic E-state index is 12.4. The summed E-state index contributed by atoms with van der Waals surface area (Å²) in [5.74, 6) is 0.725. The molecule has 8 nitrogen and oxygen atoms in total. The molecule has 2 aromatic heterocycles. The molecule has 0 unspecified atom stereocenters. The Morgan fingerprint density at radius 2 is 2.03 bits per heavy atom. The number of hydrogen-bond acceptors (Lipinski definition) is 8. The third kappa shape index (κ3) is 5.98. The molecule has 1 saturated heterocycles. The van der Waals surface area contributed by atoms with E-state index in [1.165, 1.54) is 0 Å². The molecule has 192 valence electrons. The molecule has 0 spiro atoms. The normalized spacial score (nSPS) is 16.6. The van der Waals surface area contributed by atoms with Crippen LogP contribution < -0.4 is 4.74 Å². The zero-order valence-electron chi connectivity index (χ0n) is 20.5. The number of carboxylic acids is 1. The minimum Gasteiger partial charge on any atom is -0.497 e. The largest absolute Gasteiger partial charge is 0.497 e. The van der Waals surface area contributed by atoms with Crippen molar-refractivity contribution >= 4 is 28.6 Å². The molecule has 0 bridgehead atoms. The lowest BCUT2D eigenvalue weighted by molar-refractivity contribution is -0.153. The fourth-order valence-electron chi connectivity index (χ4n) is 4.92. The van der Waals surface area contributed by atoms with Crippen molar-refractivity contribution in [1.29, 1.82) is 0 Å². The summed E-state index contributed by atoms with van der Waals surface area (Å²) in [6.07, 6.45) is 4.16. The van der Waals surface area contributed by atoms with Gasteiger partial charge in [0.05, 0.1) is 35.8 Å². The predicted octanol–water partition coefficient (Wildman–Crippen LogP) is 3.90.